The third kappa shape index (κ3) is 4.44. The normalized spacial score (nSPS) is 14.1. The van der Waals surface area contributed by atoms with Gasteiger partial charge in [0.15, 0.2) is 6.61 Å². The summed E-state index contributed by atoms with van der Waals surface area (Å²) in [6.45, 7) is 3.61. The first-order valence-electron chi connectivity index (χ1n) is 7.11. The van der Waals surface area contributed by atoms with Gasteiger partial charge in [0, 0.05) is 19.1 Å². The monoisotopic (exact) mass is 418 g/mol. The molecular weight excluding hydrogens is 400 g/mol. The first-order chi connectivity index (χ1) is 10.1. The molecule has 1 aromatic carbocycles. The van der Waals surface area contributed by atoms with Crippen molar-refractivity contribution in [3.63, 3.8) is 0 Å². The summed E-state index contributed by atoms with van der Waals surface area (Å²) in [7, 11) is 1.90. The highest BCUT2D eigenvalue weighted by Crippen LogP contribution is 2.35. The molecule has 0 aromatic heterocycles. The van der Waals surface area contributed by atoms with E-state index in [-0.39, 0.29) is 12.5 Å². The van der Waals surface area contributed by atoms with Gasteiger partial charge in [0.05, 0.1) is 8.95 Å². The molecule has 116 valence electrons. The molecule has 1 amide bonds. The molecule has 0 heterocycles. The fourth-order valence-corrected chi connectivity index (χ4v) is 3.81. The maximum Gasteiger partial charge on any atom is 0.260 e. The van der Waals surface area contributed by atoms with Crippen LogP contribution in [-0.2, 0) is 11.3 Å². The first-order valence-corrected chi connectivity index (χ1v) is 8.70. The highest BCUT2D eigenvalue weighted by Gasteiger charge is 2.31. The molecule has 0 spiro atoms. The standard InChI is InChI=1S/C15H20Br2N2O2/c1-3-19(11-4-5-11)14(20)9-21-15-12(16)6-10(8-18-2)7-13(15)17/h6-7,11,18H,3-5,8-9H2,1-2H3. The van der Waals surface area contributed by atoms with E-state index in [2.05, 4.69) is 37.2 Å². The lowest BCUT2D eigenvalue weighted by atomic mass is 10.2. The van der Waals surface area contributed by atoms with E-state index in [1.54, 1.807) is 0 Å². The fraction of sp³-hybridized carbons (Fsp3) is 0.533. The fourth-order valence-electron chi connectivity index (χ4n) is 2.30. The molecule has 0 atom stereocenters. The Balaban J connectivity index is 2.00. The van der Waals surface area contributed by atoms with Crippen LogP contribution in [0.15, 0.2) is 21.1 Å². The molecule has 1 saturated carbocycles. The van der Waals surface area contributed by atoms with Crippen LogP contribution in [0.25, 0.3) is 0 Å². The molecule has 0 bridgehead atoms. The number of carbonyl (C=O) groups is 1. The van der Waals surface area contributed by atoms with Crippen LogP contribution >= 0.6 is 31.9 Å². The highest BCUT2D eigenvalue weighted by molar-refractivity contribution is 9.11. The number of benzene rings is 1. The van der Waals surface area contributed by atoms with E-state index in [0.717, 1.165) is 40.4 Å². The topological polar surface area (TPSA) is 41.6 Å². The lowest BCUT2D eigenvalue weighted by molar-refractivity contribution is -0.133. The van der Waals surface area contributed by atoms with Gasteiger partial charge in [-0.15, -0.1) is 0 Å². The van der Waals surface area contributed by atoms with Crippen molar-refractivity contribution in [1.29, 1.82) is 0 Å². The first kappa shape index (κ1) is 16.8. The number of halogens is 2. The van der Waals surface area contributed by atoms with Crippen molar-refractivity contribution >= 4 is 37.8 Å². The van der Waals surface area contributed by atoms with E-state index in [1.165, 1.54) is 0 Å². The van der Waals surface area contributed by atoms with Crippen molar-refractivity contribution in [3.05, 3.63) is 26.6 Å². The third-order valence-electron chi connectivity index (χ3n) is 3.43. The van der Waals surface area contributed by atoms with Crippen LogP contribution in [0.4, 0.5) is 0 Å². The van der Waals surface area contributed by atoms with Crippen LogP contribution in [0.1, 0.15) is 25.3 Å². The Hall–Kier alpha value is -0.590. The maximum atomic E-state index is 12.2. The number of amides is 1. The van der Waals surface area contributed by atoms with E-state index >= 15 is 0 Å². The molecule has 1 N–H and O–H groups in total. The van der Waals surface area contributed by atoms with Crippen LogP contribution in [0.5, 0.6) is 5.75 Å². The predicted molar refractivity (Wildman–Crippen MR) is 90.5 cm³/mol. The highest BCUT2D eigenvalue weighted by atomic mass is 79.9. The van der Waals surface area contributed by atoms with Crippen LogP contribution in [0.3, 0.4) is 0 Å². The summed E-state index contributed by atoms with van der Waals surface area (Å²) in [5, 5.41) is 3.11. The molecule has 21 heavy (non-hydrogen) atoms. The summed E-state index contributed by atoms with van der Waals surface area (Å²) in [5.41, 5.74) is 1.14. The summed E-state index contributed by atoms with van der Waals surface area (Å²) in [4.78, 5) is 14.1. The summed E-state index contributed by atoms with van der Waals surface area (Å²) in [6.07, 6.45) is 2.23. The number of hydrogen-bond acceptors (Lipinski definition) is 3. The van der Waals surface area contributed by atoms with Gasteiger partial charge in [0.1, 0.15) is 5.75 Å². The second-order valence-electron chi connectivity index (χ2n) is 5.12. The largest absolute Gasteiger partial charge is 0.481 e. The predicted octanol–water partition coefficient (Wildman–Crippen LogP) is 3.32. The summed E-state index contributed by atoms with van der Waals surface area (Å²) in [6, 6.07) is 4.43. The van der Waals surface area contributed by atoms with Gasteiger partial charge in [0.25, 0.3) is 5.91 Å². The third-order valence-corrected chi connectivity index (χ3v) is 4.61. The molecule has 0 radical (unpaired) electrons. The maximum absolute atomic E-state index is 12.2. The van der Waals surface area contributed by atoms with Gasteiger partial charge in [-0.2, -0.15) is 0 Å². The molecule has 4 nitrogen and oxygen atoms in total. The molecule has 6 heteroatoms. The quantitative estimate of drug-likeness (QED) is 0.736. The number of ether oxygens (including phenoxy) is 1. The Bertz CT molecular complexity index is 495. The number of nitrogens with one attached hydrogen (secondary N) is 1. The van der Waals surface area contributed by atoms with Gasteiger partial charge in [0.2, 0.25) is 0 Å². The molecule has 0 unspecified atom stereocenters. The molecule has 0 saturated heterocycles. The van der Waals surface area contributed by atoms with Crippen molar-refractivity contribution in [2.24, 2.45) is 0 Å². The van der Waals surface area contributed by atoms with E-state index in [9.17, 15) is 4.79 Å². The van der Waals surface area contributed by atoms with Gasteiger partial charge in [-0.25, -0.2) is 0 Å². The van der Waals surface area contributed by atoms with Crippen molar-refractivity contribution in [2.75, 3.05) is 20.2 Å². The average molecular weight is 420 g/mol. The van der Waals surface area contributed by atoms with E-state index in [1.807, 2.05) is 31.0 Å². The zero-order valence-corrected chi connectivity index (χ0v) is 15.5. The van der Waals surface area contributed by atoms with Crippen LogP contribution in [-0.4, -0.2) is 37.0 Å². The Morgan fingerprint density at radius 3 is 2.48 bits per heavy atom. The van der Waals surface area contributed by atoms with Crippen LogP contribution in [0, 0.1) is 0 Å². The number of likely N-dealkylation sites (N-methyl/N-ethyl adjacent to an activating group) is 1. The minimum atomic E-state index is 0.0538. The van der Waals surface area contributed by atoms with Crippen LogP contribution in [0.2, 0.25) is 0 Å². The van der Waals surface area contributed by atoms with Gasteiger partial charge in [-0.05, 0) is 76.4 Å². The molecule has 1 fully saturated rings. The van der Waals surface area contributed by atoms with Crippen LogP contribution < -0.4 is 10.1 Å². The zero-order valence-electron chi connectivity index (χ0n) is 12.3. The summed E-state index contributed by atoms with van der Waals surface area (Å²) in [5.74, 6) is 0.730. The SMILES string of the molecule is CCN(C(=O)COc1c(Br)cc(CNC)cc1Br)C1CC1. The second-order valence-corrected chi connectivity index (χ2v) is 6.83. The smallest absolute Gasteiger partial charge is 0.260 e. The minimum Gasteiger partial charge on any atom is -0.481 e. The van der Waals surface area contributed by atoms with E-state index in [0.29, 0.717) is 11.8 Å². The number of hydrogen-bond donors (Lipinski definition) is 1. The van der Waals surface area contributed by atoms with Crippen molar-refractivity contribution in [3.8, 4) is 5.75 Å². The Morgan fingerprint density at radius 1 is 1.38 bits per heavy atom. The molecule has 1 aliphatic carbocycles. The van der Waals surface area contributed by atoms with Gasteiger partial charge in [-0.1, -0.05) is 0 Å². The lowest BCUT2D eigenvalue weighted by Crippen LogP contribution is -2.36. The van der Waals surface area contributed by atoms with Crippen molar-refractivity contribution in [1.82, 2.24) is 10.2 Å². The van der Waals surface area contributed by atoms with Crippen molar-refractivity contribution in [2.45, 2.75) is 32.4 Å². The Kier molecular flexibility index (Phi) is 6.08. The Labute approximate surface area is 142 Å². The molecule has 1 aromatic rings. The van der Waals surface area contributed by atoms with E-state index < -0.39 is 0 Å². The number of carbonyl (C=O) groups excluding carboxylic acids is 1. The number of rotatable bonds is 7. The van der Waals surface area contributed by atoms with Gasteiger partial charge < -0.3 is 15.0 Å². The lowest BCUT2D eigenvalue weighted by Gasteiger charge is -2.21. The average Bonchev–Trinajstić information content (AvgIpc) is 3.23. The van der Waals surface area contributed by atoms with Gasteiger partial charge >= 0.3 is 0 Å². The Morgan fingerprint density at radius 2 is 2.00 bits per heavy atom. The summed E-state index contributed by atoms with van der Waals surface area (Å²) >= 11 is 7.01. The summed E-state index contributed by atoms with van der Waals surface area (Å²) < 4.78 is 7.42. The van der Waals surface area contributed by atoms with Crippen molar-refractivity contribution < 1.29 is 9.53 Å². The minimum absolute atomic E-state index is 0.0538. The molecular formula is C15H20Br2N2O2. The second kappa shape index (κ2) is 7.61. The molecule has 0 aliphatic heterocycles. The zero-order chi connectivity index (χ0) is 15.4. The molecule has 2 rings (SSSR count). The van der Waals surface area contributed by atoms with E-state index in [4.69, 9.17) is 4.74 Å². The van der Waals surface area contributed by atoms with Gasteiger partial charge in [-0.3, -0.25) is 4.79 Å². The number of nitrogens with zero attached hydrogens (tertiary/aromatic N) is 1. The molecule has 1 aliphatic rings.